The summed E-state index contributed by atoms with van der Waals surface area (Å²) in [5.74, 6) is -2.31. The molecular formula is C59H107NO8. The molecule has 0 aliphatic rings. The van der Waals surface area contributed by atoms with Crippen LogP contribution in [0.1, 0.15) is 251 Å². The number of quaternary nitrogens is 1. The largest absolute Gasteiger partial charge is 0.545 e. The van der Waals surface area contributed by atoms with Crippen molar-refractivity contribution >= 4 is 17.9 Å². The highest BCUT2D eigenvalue weighted by molar-refractivity contribution is 5.70. The maximum absolute atomic E-state index is 12.8. The van der Waals surface area contributed by atoms with E-state index in [0.29, 0.717) is 17.4 Å². The molecule has 0 fully saturated rings. The number of esters is 2. The first-order valence-electron chi connectivity index (χ1n) is 28.3. The van der Waals surface area contributed by atoms with Gasteiger partial charge in [0.25, 0.3) is 0 Å². The summed E-state index contributed by atoms with van der Waals surface area (Å²) < 4.78 is 22.6. The molecule has 0 spiro atoms. The van der Waals surface area contributed by atoms with Crippen molar-refractivity contribution in [3.63, 3.8) is 0 Å². The van der Waals surface area contributed by atoms with Crippen molar-refractivity contribution < 1.29 is 42.9 Å². The number of rotatable bonds is 52. The summed E-state index contributed by atoms with van der Waals surface area (Å²) >= 11 is 0. The highest BCUT2D eigenvalue weighted by Gasteiger charge is 2.22. The third-order valence-electron chi connectivity index (χ3n) is 12.3. The van der Waals surface area contributed by atoms with Crippen LogP contribution in [0, 0.1) is 0 Å². The van der Waals surface area contributed by atoms with Gasteiger partial charge >= 0.3 is 11.9 Å². The lowest BCUT2D eigenvalue weighted by Crippen LogP contribution is -2.44. The van der Waals surface area contributed by atoms with Gasteiger partial charge in [0.15, 0.2) is 12.4 Å². The fraction of sp³-hybridized carbons (Fsp3) is 0.814. The molecular weight excluding hydrogens is 851 g/mol. The summed E-state index contributed by atoms with van der Waals surface area (Å²) in [5, 5.41) is 11.8. The van der Waals surface area contributed by atoms with Gasteiger partial charge in [0.2, 0.25) is 0 Å². The minimum absolute atomic E-state index is 0.142. The molecule has 68 heavy (non-hydrogen) atoms. The van der Waals surface area contributed by atoms with Crippen molar-refractivity contribution in [1.82, 2.24) is 0 Å². The summed E-state index contributed by atoms with van der Waals surface area (Å²) in [6.45, 7) is 4.63. The van der Waals surface area contributed by atoms with Gasteiger partial charge < -0.3 is 33.3 Å². The van der Waals surface area contributed by atoms with E-state index in [4.69, 9.17) is 18.9 Å². The highest BCUT2D eigenvalue weighted by Crippen LogP contribution is 2.17. The predicted octanol–water partition coefficient (Wildman–Crippen LogP) is 15.0. The number of aliphatic carboxylic acids is 1. The summed E-state index contributed by atoms with van der Waals surface area (Å²) in [5.41, 5.74) is 0. The molecule has 0 aromatic heterocycles. The second-order valence-electron chi connectivity index (χ2n) is 20.2. The Morgan fingerprint density at radius 1 is 0.456 bits per heavy atom. The highest BCUT2D eigenvalue weighted by atomic mass is 16.7. The van der Waals surface area contributed by atoms with Gasteiger partial charge in [-0.25, -0.2) is 0 Å². The molecule has 0 saturated heterocycles. The van der Waals surface area contributed by atoms with Crippen molar-refractivity contribution in [2.75, 3.05) is 47.5 Å². The first-order chi connectivity index (χ1) is 33.1. The van der Waals surface area contributed by atoms with Gasteiger partial charge in [-0.1, -0.05) is 236 Å². The van der Waals surface area contributed by atoms with Crippen LogP contribution >= 0.6 is 0 Å². The zero-order valence-electron chi connectivity index (χ0n) is 45.0. The smallest absolute Gasteiger partial charge is 0.306 e. The number of carbonyl (C=O) groups is 3. The van der Waals surface area contributed by atoms with Crippen molar-refractivity contribution in [3.8, 4) is 0 Å². The van der Waals surface area contributed by atoms with E-state index in [2.05, 4.69) is 62.5 Å². The van der Waals surface area contributed by atoms with Crippen LogP contribution in [-0.2, 0) is 33.3 Å². The Labute approximate surface area is 419 Å². The van der Waals surface area contributed by atoms with Crippen molar-refractivity contribution in [1.29, 1.82) is 0 Å². The number of allylic oxidation sites excluding steroid dienone is 8. The minimum atomic E-state index is -1.63. The summed E-state index contributed by atoms with van der Waals surface area (Å²) in [6.07, 6.45) is 58.8. The number of carbonyl (C=O) groups excluding carboxylic acids is 3. The van der Waals surface area contributed by atoms with Crippen LogP contribution in [0.4, 0.5) is 0 Å². The van der Waals surface area contributed by atoms with Crippen LogP contribution in [0.25, 0.3) is 0 Å². The van der Waals surface area contributed by atoms with E-state index < -0.39 is 24.3 Å². The Balaban J connectivity index is 4.21. The molecule has 0 N–H and O–H groups in total. The third-order valence-corrected chi connectivity index (χ3v) is 12.3. The molecule has 0 bridgehead atoms. The number of unbranched alkanes of at least 4 members (excludes halogenated alkanes) is 29. The van der Waals surface area contributed by atoms with E-state index in [9.17, 15) is 19.5 Å². The average molecular weight is 959 g/mol. The first-order valence-corrected chi connectivity index (χ1v) is 28.3. The molecule has 2 atom stereocenters. The monoisotopic (exact) mass is 958 g/mol. The second kappa shape index (κ2) is 50.6. The Morgan fingerprint density at radius 3 is 1.25 bits per heavy atom. The van der Waals surface area contributed by atoms with E-state index in [0.717, 1.165) is 70.6 Å². The summed E-state index contributed by atoms with van der Waals surface area (Å²) in [6, 6.07) is 0. The molecule has 0 radical (unpaired) electrons. The Hall–Kier alpha value is -2.75. The molecule has 396 valence electrons. The fourth-order valence-corrected chi connectivity index (χ4v) is 8.00. The van der Waals surface area contributed by atoms with Crippen molar-refractivity contribution in [2.45, 2.75) is 264 Å². The van der Waals surface area contributed by atoms with Crippen LogP contribution in [0.2, 0.25) is 0 Å². The molecule has 2 unspecified atom stereocenters. The van der Waals surface area contributed by atoms with Crippen molar-refractivity contribution in [3.05, 3.63) is 48.6 Å². The maximum atomic E-state index is 12.8. The number of carboxylic acid groups (broad SMARTS) is 1. The van der Waals surface area contributed by atoms with Crippen LogP contribution in [0.15, 0.2) is 48.6 Å². The molecule has 0 aliphatic heterocycles. The number of likely N-dealkylation sites (N-methyl/N-ethyl adjacent to an activating group) is 1. The molecule has 0 amide bonds. The fourth-order valence-electron chi connectivity index (χ4n) is 8.00. The SMILES string of the molecule is CC/C=C\C/C=C\C/C=C\C/C=C\CCCCCCC(=O)OC(COC(=O)CCCCCCCCCCCCCCCCCCCCCCCCCCCC)COC(OCC[N+](C)(C)C)C(=O)[O-]. The van der Waals surface area contributed by atoms with Gasteiger partial charge in [-0.3, -0.25) is 9.59 Å². The lowest BCUT2D eigenvalue weighted by atomic mass is 10.0. The molecule has 0 rings (SSSR count). The van der Waals surface area contributed by atoms with Gasteiger partial charge in [-0.2, -0.15) is 0 Å². The van der Waals surface area contributed by atoms with Gasteiger partial charge in [0.1, 0.15) is 13.2 Å². The number of carboxylic acids is 1. The first kappa shape index (κ1) is 65.2. The lowest BCUT2D eigenvalue weighted by Gasteiger charge is -2.26. The van der Waals surface area contributed by atoms with E-state index >= 15 is 0 Å². The molecule has 9 heteroatoms. The number of hydrogen-bond donors (Lipinski definition) is 0. The maximum Gasteiger partial charge on any atom is 0.306 e. The van der Waals surface area contributed by atoms with Crippen molar-refractivity contribution in [2.24, 2.45) is 0 Å². The number of nitrogens with zero attached hydrogens (tertiary/aromatic N) is 1. The zero-order chi connectivity index (χ0) is 49.9. The van der Waals surface area contributed by atoms with Gasteiger partial charge in [0.05, 0.1) is 40.3 Å². The summed E-state index contributed by atoms with van der Waals surface area (Å²) in [4.78, 5) is 37.2. The molecule has 0 aromatic rings. The summed E-state index contributed by atoms with van der Waals surface area (Å²) in [7, 11) is 5.91. The van der Waals surface area contributed by atoms with Crippen LogP contribution in [0.5, 0.6) is 0 Å². The molecule has 0 aliphatic carbocycles. The minimum Gasteiger partial charge on any atom is -0.545 e. The molecule has 9 nitrogen and oxygen atoms in total. The normalized spacial score (nSPS) is 13.1. The van der Waals surface area contributed by atoms with E-state index in [-0.39, 0.29) is 38.6 Å². The van der Waals surface area contributed by atoms with Crippen LogP contribution in [-0.4, -0.2) is 82.3 Å². The van der Waals surface area contributed by atoms with E-state index in [1.54, 1.807) is 0 Å². The quantitative estimate of drug-likeness (QED) is 0.0195. The average Bonchev–Trinajstić information content (AvgIpc) is 3.30. The van der Waals surface area contributed by atoms with E-state index in [1.165, 1.54) is 148 Å². The topological polar surface area (TPSA) is 111 Å². The molecule has 0 heterocycles. The van der Waals surface area contributed by atoms with Gasteiger partial charge in [-0.05, 0) is 51.4 Å². The molecule has 0 aromatic carbocycles. The third kappa shape index (κ3) is 51.1. The number of ether oxygens (including phenoxy) is 4. The predicted molar refractivity (Wildman–Crippen MR) is 283 cm³/mol. The number of hydrogen-bond acceptors (Lipinski definition) is 8. The Kier molecular flexibility index (Phi) is 48.6. The van der Waals surface area contributed by atoms with Crippen LogP contribution < -0.4 is 5.11 Å². The molecule has 0 saturated carbocycles. The zero-order valence-corrected chi connectivity index (χ0v) is 45.0. The Morgan fingerprint density at radius 2 is 0.838 bits per heavy atom. The van der Waals surface area contributed by atoms with E-state index in [1.807, 2.05) is 21.1 Å². The standard InChI is InChI=1S/C59H107NO8/c1-6-8-10-12-14-16-18-20-22-24-25-26-27-28-29-30-31-32-34-35-37-39-41-43-45-47-49-56(61)66-53-55(54-67-59(58(63)64)65-52-51-60(3,4)5)68-57(62)50-48-46-44-42-40-38-36-33-23-21-19-17-15-13-11-9-7-2/h9,11,15,17,21,23,36,38,55,59H,6-8,10,12-14,16,18-20,22,24-35,37,39-54H2,1-5H3/b11-9-,17-15-,23-21-,38-36-. The Bertz CT molecular complexity index is 1250. The van der Waals surface area contributed by atoms with Gasteiger partial charge in [0, 0.05) is 12.8 Å². The van der Waals surface area contributed by atoms with Crippen LogP contribution in [0.3, 0.4) is 0 Å². The lowest BCUT2D eigenvalue weighted by molar-refractivity contribution is -0.870. The second-order valence-corrected chi connectivity index (χ2v) is 20.2. The van der Waals surface area contributed by atoms with Gasteiger partial charge in [-0.15, -0.1) is 0 Å².